The van der Waals surface area contributed by atoms with Crippen LogP contribution in [0.15, 0.2) is 48.5 Å². The van der Waals surface area contributed by atoms with Gasteiger partial charge >= 0.3 is 0 Å². The predicted octanol–water partition coefficient (Wildman–Crippen LogP) is 3.32. The van der Waals surface area contributed by atoms with Crippen molar-refractivity contribution in [2.24, 2.45) is 0 Å². The Balaban J connectivity index is 2.43. The average molecular weight is 508 g/mol. The molecule has 0 aliphatic carbocycles. The third kappa shape index (κ3) is 7.95. The van der Waals surface area contributed by atoms with Crippen LogP contribution in [0.3, 0.4) is 0 Å². The molecule has 10 heteroatoms. The Labute approximate surface area is 207 Å². The van der Waals surface area contributed by atoms with Crippen LogP contribution in [0.1, 0.15) is 38.7 Å². The predicted molar refractivity (Wildman–Crippen MR) is 134 cm³/mol. The van der Waals surface area contributed by atoms with E-state index in [2.05, 4.69) is 5.32 Å². The zero-order valence-corrected chi connectivity index (χ0v) is 21.5. The molecule has 2 rings (SSSR count). The highest BCUT2D eigenvalue weighted by atomic mass is 32.2. The fourth-order valence-corrected chi connectivity index (χ4v) is 4.50. The number of unbranched alkanes of at least 4 members (excludes halogenated alkanes) is 1. The summed E-state index contributed by atoms with van der Waals surface area (Å²) in [5.41, 5.74) is 0.829. The maximum atomic E-state index is 13.6. The lowest BCUT2D eigenvalue weighted by molar-refractivity contribution is -0.140. The van der Waals surface area contributed by atoms with Crippen LogP contribution in [0.2, 0.25) is 0 Å². The van der Waals surface area contributed by atoms with Crippen molar-refractivity contribution in [3.63, 3.8) is 0 Å². The number of carbonyl (C=O) groups is 2. The number of nitrogens with one attached hydrogen (secondary N) is 1. The van der Waals surface area contributed by atoms with Crippen LogP contribution in [0.4, 0.5) is 10.1 Å². The second-order valence-corrected chi connectivity index (χ2v) is 10.1. The number of hydrogen-bond donors (Lipinski definition) is 1. The first-order valence-corrected chi connectivity index (χ1v) is 13.4. The smallest absolute Gasteiger partial charge is 0.244 e. The van der Waals surface area contributed by atoms with Crippen LogP contribution in [-0.2, 0) is 26.2 Å². The summed E-state index contributed by atoms with van der Waals surface area (Å²) >= 11 is 0. The first kappa shape index (κ1) is 28.1. The number of ether oxygens (including phenoxy) is 1. The molecular weight excluding hydrogens is 473 g/mol. The monoisotopic (exact) mass is 507 g/mol. The fourth-order valence-electron chi connectivity index (χ4n) is 3.64. The number of sulfonamides is 1. The zero-order chi connectivity index (χ0) is 26.0. The molecular formula is C25H34FN3O5S. The molecule has 0 unspecified atom stereocenters. The molecule has 0 saturated heterocycles. The van der Waals surface area contributed by atoms with Gasteiger partial charge in [0.15, 0.2) is 0 Å². The van der Waals surface area contributed by atoms with Gasteiger partial charge in [0, 0.05) is 13.1 Å². The number of halogens is 1. The minimum Gasteiger partial charge on any atom is -0.495 e. The molecule has 0 aromatic heterocycles. The molecule has 0 aliphatic heterocycles. The van der Waals surface area contributed by atoms with Gasteiger partial charge in [-0.25, -0.2) is 12.8 Å². The van der Waals surface area contributed by atoms with Crippen molar-refractivity contribution in [2.75, 3.05) is 30.8 Å². The van der Waals surface area contributed by atoms with Gasteiger partial charge in [-0.2, -0.15) is 0 Å². The number of methoxy groups -OCH3 is 1. The summed E-state index contributed by atoms with van der Waals surface area (Å²) in [4.78, 5) is 27.9. The number of anilines is 1. The quantitative estimate of drug-likeness (QED) is 0.420. The first-order chi connectivity index (χ1) is 16.6. The molecule has 1 atom stereocenters. The summed E-state index contributed by atoms with van der Waals surface area (Å²) in [6.45, 7) is 3.75. The Bertz CT molecular complexity index is 1090. The van der Waals surface area contributed by atoms with Gasteiger partial charge < -0.3 is 15.0 Å². The minimum absolute atomic E-state index is 0.0162. The Morgan fingerprint density at radius 3 is 2.31 bits per heavy atom. The van der Waals surface area contributed by atoms with Crippen molar-refractivity contribution in [3.05, 3.63) is 59.9 Å². The van der Waals surface area contributed by atoms with Gasteiger partial charge in [0.1, 0.15) is 24.2 Å². The Morgan fingerprint density at radius 2 is 1.74 bits per heavy atom. The minimum atomic E-state index is -3.87. The van der Waals surface area contributed by atoms with Gasteiger partial charge in [0.05, 0.1) is 19.1 Å². The summed E-state index contributed by atoms with van der Waals surface area (Å²) in [6.07, 6.45) is 3.02. The number of nitrogens with zero attached hydrogens (tertiary/aromatic N) is 2. The van der Waals surface area contributed by atoms with Gasteiger partial charge in [0.2, 0.25) is 21.8 Å². The van der Waals surface area contributed by atoms with Gasteiger partial charge in [-0.15, -0.1) is 0 Å². The highest BCUT2D eigenvalue weighted by Crippen LogP contribution is 2.29. The molecule has 35 heavy (non-hydrogen) atoms. The highest BCUT2D eigenvalue weighted by molar-refractivity contribution is 7.92. The molecule has 0 bridgehead atoms. The van der Waals surface area contributed by atoms with Crippen LogP contribution in [-0.4, -0.2) is 57.6 Å². The van der Waals surface area contributed by atoms with Crippen LogP contribution in [0, 0.1) is 5.82 Å². The van der Waals surface area contributed by atoms with Crippen LogP contribution in [0.25, 0.3) is 0 Å². The van der Waals surface area contributed by atoms with E-state index in [-0.39, 0.29) is 18.1 Å². The van der Waals surface area contributed by atoms with Crippen molar-refractivity contribution in [2.45, 2.75) is 45.7 Å². The lowest BCUT2D eigenvalue weighted by Crippen LogP contribution is -2.52. The second kappa shape index (κ2) is 13.1. The molecule has 0 spiro atoms. The van der Waals surface area contributed by atoms with E-state index in [9.17, 15) is 22.4 Å². The Hall–Kier alpha value is -3.14. The summed E-state index contributed by atoms with van der Waals surface area (Å²) in [5, 5.41) is 2.85. The Morgan fingerprint density at radius 1 is 1.09 bits per heavy atom. The third-order valence-corrected chi connectivity index (χ3v) is 6.64. The molecule has 2 amide bonds. The first-order valence-electron chi connectivity index (χ1n) is 11.5. The summed E-state index contributed by atoms with van der Waals surface area (Å²) < 4.78 is 45.1. The normalized spacial score (nSPS) is 12.0. The lowest BCUT2D eigenvalue weighted by atomic mass is 10.1. The number of rotatable bonds is 13. The van der Waals surface area contributed by atoms with Gasteiger partial charge in [-0.1, -0.05) is 44.5 Å². The second-order valence-electron chi connectivity index (χ2n) is 8.16. The molecule has 0 radical (unpaired) electrons. The number of carbonyl (C=O) groups excluding carboxylic acids is 2. The van der Waals surface area contributed by atoms with E-state index in [1.165, 1.54) is 36.3 Å². The van der Waals surface area contributed by atoms with E-state index < -0.39 is 34.3 Å². The molecule has 2 aromatic rings. The largest absolute Gasteiger partial charge is 0.495 e. The lowest BCUT2D eigenvalue weighted by Gasteiger charge is -2.33. The van der Waals surface area contributed by atoms with E-state index in [0.717, 1.165) is 23.4 Å². The summed E-state index contributed by atoms with van der Waals surface area (Å²) in [5.74, 6) is -1.02. The van der Waals surface area contributed by atoms with Crippen LogP contribution < -0.4 is 14.4 Å². The van der Waals surface area contributed by atoms with Crippen molar-refractivity contribution in [3.8, 4) is 5.75 Å². The summed E-state index contributed by atoms with van der Waals surface area (Å²) in [6, 6.07) is 11.3. The molecule has 1 N–H and O–H groups in total. The molecule has 0 fully saturated rings. The van der Waals surface area contributed by atoms with E-state index in [4.69, 9.17) is 4.74 Å². The van der Waals surface area contributed by atoms with E-state index in [1.807, 2.05) is 6.92 Å². The average Bonchev–Trinajstić information content (AvgIpc) is 2.83. The maximum Gasteiger partial charge on any atom is 0.244 e. The fraction of sp³-hybridized carbons (Fsp3) is 0.440. The molecule has 0 saturated carbocycles. The number of para-hydroxylation sites is 2. The molecule has 2 aromatic carbocycles. The number of benzene rings is 2. The Kier molecular flexibility index (Phi) is 10.5. The molecule has 8 nitrogen and oxygen atoms in total. The van der Waals surface area contributed by atoms with Crippen molar-refractivity contribution >= 4 is 27.5 Å². The highest BCUT2D eigenvalue weighted by Gasteiger charge is 2.32. The van der Waals surface area contributed by atoms with Gasteiger partial charge in [0.25, 0.3) is 0 Å². The van der Waals surface area contributed by atoms with Gasteiger partial charge in [-0.05, 0) is 42.7 Å². The third-order valence-electron chi connectivity index (χ3n) is 5.51. The SMILES string of the molecule is CCCCNC(=O)[C@H](CC)N(Cc1ccc(F)cc1)C(=O)CN(c1ccccc1OC)S(C)(=O)=O. The van der Waals surface area contributed by atoms with Crippen LogP contribution in [0.5, 0.6) is 5.75 Å². The van der Waals surface area contributed by atoms with Crippen molar-refractivity contribution < 1.29 is 27.1 Å². The topological polar surface area (TPSA) is 96.0 Å². The number of hydrogen-bond acceptors (Lipinski definition) is 5. The molecule has 0 aliphatic rings. The van der Waals surface area contributed by atoms with E-state index in [0.29, 0.717) is 24.3 Å². The van der Waals surface area contributed by atoms with E-state index in [1.54, 1.807) is 31.2 Å². The maximum absolute atomic E-state index is 13.6. The zero-order valence-electron chi connectivity index (χ0n) is 20.7. The van der Waals surface area contributed by atoms with Crippen molar-refractivity contribution in [1.29, 1.82) is 0 Å². The standard InChI is InChI=1S/C25H34FN3O5S/c1-5-7-16-27-25(31)21(6-2)28(17-19-12-14-20(26)15-13-19)24(30)18-29(35(4,32)33)22-10-8-9-11-23(22)34-3/h8-15,21H,5-7,16-18H2,1-4H3,(H,27,31)/t21-/m0/s1. The molecule has 192 valence electrons. The number of amides is 2. The van der Waals surface area contributed by atoms with E-state index >= 15 is 0 Å². The summed E-state index contributed by atoms with van der Waals surface area (Å²) in [7, 11) is -2.46. The molecule has 0 heterocycles. The van der Waals surface area contributed by atoms with Gasteiger partial charge in [-0.3, -0.25) is 13.9 Å². The van der Waals surface area contributed by atoms with Crippen LogP contribution >= 0.6 is 0 Å². The van der Waals surface area contributed by atoms with Crippen molar-refractivity contribution in [1.82, 2.24) is 10.2 Å².